The number of likely N-dealkylation sites (tertiary alicyclic amines) is 1. The fourth-order valence-electron chi connectivity index (χ4n) is 3.82. The second kappa shape index (κ2) is 9.96. The van der Waals surface area contributed by atoms with E-state index in [1.165, 1.54) is 19.3 Å². The molecule has 2 aromatic rings. The number of carbonyl (C=O) groups is 1. The van der Waals surface area contributed by atoms with Gasteiger partial charge in [-0.05, 0) is 38.1 Å². The van der Waals surface area contributed by atoms with Crippen LogP contribution in [-0.2, 0) is 20.8 Å². The van der Waals surface area contributed by atoms with Crippen LogP contribution in [0.2, 0.25) is 0 Å². The highest BCUT2D eigenvalue weighted by atomic mass is 16.7. The Morgan fingerprint density at radius 3 is 2.62 bits per heavy atom. The van der Waals surface area contributed by atoms with Gasteiger partial charge in [0.25, 0.3) is 0 Å². The fourth-order valence-corrected chi connectivity index (χ4v) is 3.82. The standard InChI is InChI=1S/C21H29N5O3/c27-20(9-12-24-10-5-2-6-11-24)25(17-21-28-13-14-29-21)15-18-16-26(23-22-18)19-7-3-1-4-8-19/h1,3-4,7-8,16,21H,2,5-6,9-15,17H2. The molecule has 2 fully saturated rings. The molecule has 1 aromatic carbocycles. The van der Waals surface area contributed by atoms with Crippen molar-refractivity contribution < 1.29 is 14.3 Å². The molecule has 8 heteroatoms. The van der Waals surface area contributed by atoms with E-state index in [0.717, 1.165) is 31.0 Å². The maximum Gasteiger partial charge on any atom is 0.224 e. The van der Waals surface area contributed by atoms with Gasteiger partial charge in [0.1, 0.15) is 5.69 Å². The Kier molecular flexibility index (Phi) is 6.87. The lowest BCUT2D eigenvalue weighted by Crippen LogP contribution is -2.40. The Labute approximate surface area is 171 Å². The van der Waals surface area contributed by atoms with Crippen molar-refractivity contribution in [3.8, 4) is 5.69 Å². The van der Waals surface area contributed by atoms with Crippen molar-refractivity contribution in [1.29, 1.82) is 0 Å². The smallest absolute Gasteiger partial charge is 0.224 e. The van der Waals surface area contributed by atoms with Crippen LogP contribution in [0.3, 0.4) is 0 Å². The lowest BCUT2D eigenvalue weighted by molar-refractivity contribution is -0.138. The van der Waals surface area contributed by atoms with E-state index in [1.54, 1.807) is 9.58 Å². The second-order valence-corrected chi connectivity index (χ2v) is 7.59. The number of para-hydroxylation sites is 1. The van der Waals surface area contributed by atoms with E-state index in [9.17, 15) is 4.79 Å². The molecule has 0 unspecified atom stereocenters. The molecule has 0 atom stereocenters. The SMILES string of the molecule is O=C(CCN1CCCCC1)N(Cc1cn(-c2ccccc2)nn1)CC1OCCO1. The number of amides is 1. The first kappa shape index (κ1) is 20.0. The number of hydrogen-bond donors (Lipinski definition) is 0. The van der Waals surface area contributed by atoms with E-state index in [4.69, 9.17) is 9.47 Å². The summed E-state index contributed by atoms with van der Waals surface area (Å²) in [6.45, 7) is 4.95. The van der Waals surface area contributed by atoms with E-state index in [0.29, 0.717) is 32.7 Å². The summed E-state index contributed by atoms with van der Waals surface area (Å²) in [4.78, 5) is 17.2. The molecule has 0 N–H and O–H groups in total. The quantitative estimate of drug-likeness (QED) is 0.675. The van der Waals surface area contributed by atoms with Gasteiger partial charge >= 0.3 is 0 Å². The maximum atomic E-state index is 13.0. The fraction of sp³-hybridized carbons (Fsp3) is 0.571. The summed E-state index contributed by atoms with van der Waals surface area (Å²) in [5.41, 5.74) is 1.69. The van der Waals surface area contributed by atoms with Crippen molar-refractivity contribution in [3.63, 3.8) is 0 Å². The highest BCUT2D eigenvalue weighted by molar-refractivity contribution is 5.76. The first-order chi connectivity index (χ1) is 14.3. The average Bonchev–Trinajstić information content (AvgIpc) is 3.45. The molecule has 0 aliphatic carbocycles. The third kappa shape index (κ3) is 5.62. The van der Waals surface area contributed by atoms with E-state index in [1.807, 2.05) is 36.5 Å². The summed E-state index contributed by atoms with van der Waals surface area (Å²) in [5.74, 6) is 0.101. The van der Waals surface area contributed by atoms with Gasteiger partial charge in [0, 0.05) is 13.0 Å². The van der Waals surface area contributed by atoms with Crippen LogP contribution in [0.1, 0.15) is 31.4 Å². The number of aromatic nitrogens is 3. The monoisotopic (exact) mass is 399 g/mol. The molecule has 1 aromatic heterocycles. The number of carbonyl (C=O) groups excluding carboxylic acids is 1. The summed E-state index contributed by atoms with van der Waals surface area (Å²) >= 11 is 0. The molecule has 0 bridgehead atoms. The predicted molar refractivity (Wildman–Crippen MR) is 107 cm³/mol. The van der Waals surface area contributed by atoms with E-state index in [-0.39, 0.29) is 12.2 Å². The molecule has 29 heavy (non-hydrogen) atoms. The van der Waals surface area contributed by atoms with Crippen LogP contribution in [0.25, 0.3) is 5.69 Å². The summed E-state index contributed by atoms with van der Waals surface area (Å²) in [6.07, 6.45) is 5.76. The number of ether oxygens (including phenoxy) is 2. The van der Waals surface area contributed by atoms with Crippen molar-refractivity contribution in [1.82, 2.24) is 24.8 Å². The van der Waals surface area contributed by atoms with Gasteiger partial charge in [0.2, 0.25) is 5.91 Å². The molecule has 0 radical (unpaired) electrons. The second-order valence-electron chi connectivity index (χ2n) is 7.59. The zero-order chi connectivity index (χ0) is 19.9. The Morgan fingerprint density at radius 2 is 1.86 bits per heavy atom. The Balaban J connectivity index is 1.39. The third-order valence-electron chi connectivity index (χ3n) is 5.42. The molecular formula is C21H29N5O3. The summed E-state index contributed by atoms with van der Waals surface area (Å²) < 4.78 is 12.9. The first-order valence-corrected chi connectivity index (χ1v) is 10.5. The van der Waals surface area contributed by atoms with Crippen molar-refractivity contribution in [2.45, 2.75) is 38.5 Å². The van der Waals surface area contributed by atoms with Crippen molar-refractivity contribution in [2.24, 2.45) is 0 Å². The largest absolute Gasteiger partial charge is 0.348 e. The van der Waals surface area contributed by atoms with Crippen molar-refractivity contribution >= 4 is 5.91 Å². The molecule has 0 spiro atoms. The lowest BCUT2D eigenvalue weighted by Gasteiger charge is -2.28. The molecule has 3 heterocycles. The van der Waals surface area contributed by atoms with E-state index >= 15 is 0 Å². The molecular weight excluding hydrogens is 370 g/mol. The first-order valence-electron chi connectivity index (χ1n) is 10.5. The Bertz CT molecular complexity index is 770. The minimum atomic E-state index is -0.363. The van der Waals surface area contributed by atoms with Crippen LogP contribution < -0.4 is 0 Å². The van der Waals surface area contributed by atoms with Gasteiger partial charge in [-0.1, -0.05) is 29.8 Å². The molecule has 1 amide bonds. The summed E-state index contributed by atoms with van der Waals surface area (Å²) in [5, 5.41) is 8.47. The zero-order valence-corrected chi connectivity index (χ0v) is 16.8. The van der Waals surface area contributed by atoms with Crippen LogP contribution in [-0.4, -0.2) is 76.4 Å². The van der Waals surface area contributed by atoms with Gasteiger partial charge in [-0.2, -0.15) is 0 Å². The number of hydrogen-bond acceptors (Lipinski definition) is 6. The van der Waals surface area contributed by atoms with Gasteiger partial charge in [-0.15, -0.1) is 5.10 Å². The molecule has 4 rings (SSSR count). The van der Waals surface area contributed by atoms with Gasteiger partial charge in [0.05, 0.1) is 38.2 Å². The van der Waals surface area contributed by atoms with Crippen LogP contribution >= 0.6 is 0 Å². The third-order valence-corrected chi connectivity index (χ3v) is 5.42. The normalized spacial score (nSPS) is 18.2. The number of benzene rings is 1. The molecule has 8 nitrogen and oxygen atoms in total. The molecule has 2 aliphatic rings. The average molecular weight is 399 g/mol. The Morgan fingerprint density at radius 1 is 1.10 bits per heavy atom. The number of nitrogens with zero attached hydrogens (tertiary/aromatic N) is 5. The van der Waals surface area contributed by atoms with Crippen LogP contribution in [0.5, 0.6) is 0 Å². The van der Waals surface area contributed by atoms with Gasteiger partial charge in [-0.3, -0.25) is 4.79 Å². The van der Waals surface area contributed by atoms with Crippen LogP contribution in [0.4, 0.5) is 0 Å². The van der Waals surface area contributed by atoms with E-state index in [2.05, 4.69) is 15.2 Å². The minimum absolute atomic E-state index is 0.101. The summed E-state index contributed by atoms with van der Waals surface area (Å²) in [6, 6.07) is 9.83. The van der Waals surface area contributed by atoms with Gasteiger partial charge in [0.15, 0.2) is 6.29 Å². The number of rotatable bonds is 8. The minimum Gasteiger partial charge on any atom is -0.348 e. The molecule has 2 aliphatic heterocycles. The highest BCUT2D eigenvalue weighted by Crippen LogP contribution is 2.14. The van der Waals surface area contributed by atoms with Crippen molar-refractivity contribution in [2.75, 3.05) is 39.4 Å². The molecule has 0 saturated carbocycles. The van der Waals surface area contributed by atoms with Crippen LogP contribution in [0, 0.1) is 0 Å². The predicted octanol–water partition coefficient (Wildman–Crippen LogP) is 1.84. The van der Waals surface area contributed by atoms with Gasteiger partial charge < -0.3 is 19.3 Å². The van der Waals surface area contributed by atoms with Gasteiger partial charge in [-0.25, -0.2) is 4.68 Å². The topological polar surface area (TPSA) is 72.7 Å². The Hall–Kier alpha value is -2.29. The number of piperidine rings is 1. The lowest BCUT2D eigenvalue weighted by atomic mass is 10.1. The highest BCUT2D eigenvalue weighted by Gasteiger charge is 2.24. The molecule has 156 valence electrons. The maximum absolute atomic E-state index is 13.0. The van der Waals surface area contributed by atoms with Crippen LogP contribution in [0.15, 0.2) is 36.5 Å². The summed E-state index contributed by atoms with van der Waals surface area (Å²) in [7, 11) is 0. The van der Waals surface area contributed by atoms with E-state index < -0.39 is 0 Å². The van der Waals surface area contributed by atoms with Crippen molar-refractivity contribution in [3.05, 3.63) is 42.2 Å². The zero-order valence-electron chi connectivity index (χ0n) is 16.8. The molecule has 2 saturated heterocycles.